The molecule has 1 N–H and O–H groups in total. The smallest absolute Gasteiger partial charge is 0.178 e. The lowest BCUT2D eigenvalue weighted by atomic mass is 9.92. The molecule has 19 heavy (non-hydrogen) atoms. The highest BCUT2D eigenvalue weighted by atomic mass is 79.9. The number of aromatic nitrogens is 3. The van der Waals surface area contributed by atoms with E-state index in [9.17, 15) is 0 Å². The van der Waals surface area contributed by atoms with Crippen LogP contribution in [0.15, 0.2) is 29.0 Å². The average molecular weight is 319 g/mol. The molecule has 0 fully saturated rings. The fourth-order valence-corrected chi connectivity index (χ4v) is 2.71. The molecule has 0 saturated heterocycles. The van der Waals surface area contributed by atoms with Crippen molar-refractivity contribution in [2.24, 2.45) is 0 Å². The van der Waals surface area contributed by atoms with E-state index in [-0.39, 0.29) is 0 Å². The molecule has 2 heterocycles. The van der Waals surface area contributed by atoms with Gasteiger partial charge in [0, 0.05) is 34.2 Å². The van der Waals surface area contributed by atoms with Crippen LogP contribution in [0.1, 0.15) is 30.1 Å². The van der Waals surface area contributed by atoms with Gasteiger partial charge in [-0.1, -0.05) is 0 Å². The van der Waals surface area contributed by atoms with E-state index >= 15 is 0 Å². The molecule has 0 amide bonds. The Hall–Kier alpha value is -1.33. The minimum absolute atomic E-state index is 0.385. The first kappa shape index (κ1) is 12.7. The van der Waals surface area contributed by atoms with Crippen LogP contribution in [-0.2, 0) is 6.42 Å². The van der Waals surface area contributed by atoms with Crippen LogP contribution < -0.4 is 5.32 Å². The molecule has 4 nitrogen and oxygen atoms in total. The molecular formula is C14H15BrN4. The topological polar surface area (TPSA) is 50.7 Å². The molecule has 0 spiro atoms. The second kappa shape index (κ2) is 5.35. The number of hydrogen-bond acceptors (Lipinski definition) is 4. The van der Waals surface area contributed by atoms with Gasteiger partial charge >= 0.3 is 0 Å². The highest BCUT2D eigenvalue weighted by Crippen LogP contribution is 2.28. The third-order valence-electron chi connectivity index (χ3n) is 3.49. The van der Waals surface area contributed by atoms with Gasteiger partial charge < -0.3 is 5.32 Å². The minimum Gasteiger partial charge on any atom is -0.313 e. The zero-order valence-corrected chi connectivity index (χ0v) is 12.3. The predicted molar refractivity (Wildman–Crippen MR) is 77.7 cm³/mol. The summed E-state index contributed by atoms with van der Waals surface area (Å²) in [6.45, 7) is 0. The van der Waals surface area contributed by atoms with Gasteiger partial charge in [0.2, 0.25) is 0 Å². The maximum atomic E-state index is 4.68. The van der Waals surface area contributed by atoms with Gasteiger partial charge in [-0.05, 0) is 54.4 Å². The summed E-state index contributed by atoms with van der Waals surface area (Å²) in [5, 5.41) is 3.32. The summed E-state index contributed by atoms with van der Waals surface area (Å²) in [7, 11) is 1.99. The number of fused-ring (bicyclic) bond motifs is 1. The van der Waals surface area contributed by atoms with E-state index in [0.29, 0.717) is 11.9 Å². The first-order valence-corrected chi connectivity index (χ1v) is 7.22. The van der Waals surface area contributed by atoms with Crippen molar-refractivity contribution in [2.45, 2.75) is 25.3 Å². The van der Waals surface area contributed by atoms with E-state index in [4.69, 9.17) is 0 Å². The van der Waals surface area contributed by atoms with E-state index in [0.717, 1.165) is 28.7 Å². The zero-order valence-electron chi connectivity index (χ0n) is 10.7. The van der Waals surface area contributed by atoms with Crippen molar-refractivity contribution in [1.29, 1.82) is 0 Å². The van der Waals surface area contributed by atoms with Crippen molar-refractivity contribution in [3.8, 4) is 11.5 Å². The Labute approximate surface area is 120 Å². The number of nitrogens with one attached hydrogen (secondary N) is 1. The molecule has 2 aromatic heterocycles. The molecule has 1 atom stereocenters. The second-order valence-electron chi connectivity index (χ2n) is 4.69. The number of hydrogen-bond donors (Lipinski definition) is 1. The number of rotatable bonds is 2. The fourth-order valence-electron chi connectivity index (χ4n) is 2.48. The summed E-state index contributed by atoms with van der Waals surface area (Å²) in [5.74, 6) is 0.711. The van der Waals surface area contributed by atoms with Crippen LogP contribution in [0.3, 0.4) is 0 Å². The minimum atomic E-state index is 0.385. The molecule has 1 aliphatic rings. The number of pyridine rings is 1. The summed E-state index contributed by atoms with van der Waals surface area (Å²) < 4.78 is 0.962. The molecule has 0 bridgehead atoms. The third-order valence-corrected chi connectivity index (χ3v) is 3.96. The highest BCUT2D eigenvalue weighted by molar-refractivity contribution is 9.10. The van der Waals surface area contributed by atoms with Crippen LogP contribution in [0.5, 0.6) is 0 Å². The Morgan fingerprint density at radius 1 is 1.26 bits per heavy atom. The summed E-state index contributed by atoms with van der Waals surface area (Å²) in [5.41, 5.74) is 3.20. The van der Waals surface area contributed by atoms with E-state index in [1.165, 1.54) is 12.0 Å². The first-order chi connectivity index (χ1) is 9.28. The van der Waals surface area contributed by atoms with Gasteiger partial charge in [0.05, 0.1) is 0 Å². The van der Waals surface area contributed by atoms with E-state index in [1.807, 2.05) is 25.4 Å². The Kier molecular flexibility index (Phi) is 3.57. The van der Waals surface area contributed by atoms with Crippen LogP contribution in [0.25, 0.3) is 11.5 Å². The Morgan fingerprint density at radius 2 is 2.16 bits per heavy atom. The van der Waals surface area contributed by atoms with E-state index in [1.54, 1.807) is 6.20 Å². The Balaban J connectivity index is 1.99. The predicted octanol–water partition coefficient (Wildman–Crippen LogP) is 2.90. The Bertz CT molecular complexity index is 582. The van der Waals surface area contributed by atoms with Crippen LogP contribution in [0, 0.1) is 0 Å². The van der Waals surface area contributed by atoms with Gasteiger partial charge in [0.1, 0.15) is 5.69 Å². The van der Waals surface area contributed by atoms with Gasteiger partial charge in [-0.25, -0.2) is 9.97 Å². The summed E-state index contributed by atoms with van der Waals surface area (Å²) in [4.78, 5) is 13.5. The maximum Gasteiger partial charge on any atom is 0.178 e. The number of aryl methyl sites for hydroxylation is 1. The molecule has 1 unspecified atom stereocenters. The molecule has 5 heteroatoms. The Morgan fingerprint density at radius 3 is 2.89 bits per heavy atom. The van der Waals surface area contributed by atoms with Crippen molar-refractivity contribution in [3.63, 3.8) is 0 Å². The van der Waals surface area contributed by atoms with Gasteiger partial charge in [-0.15, -0.1) is 0 Å². The number of nitrogens with zero attached hydrogens (tertiary/aromatic N) is 3. The van der Waals surface area contributed by atoms with Gasteiger partial charge in [-0.2, -0.15) is 0 Å². The van der Waals surface area contributed by atoms with Crippen molar-refractivity contribution in [3.05, 3.63) is 40.3 Å². The SMILES string of the molecule is CNC1CCCc2nc(-c3ccc(Br)cn3)ncc21. The van der Waals surface area contributed by atoms with Gasteiger partial charge in [0.15, 0.2) is 5.82 Å². The molecule has 0 aliphatic heterocycles. The summed E-state index contributed by atoms with van der Waals surface area (Å²) in [6.07, 6.45) is 7.07. The highest BCUT2D eigenvalue weighted by Gasteiger charge is 2.21. The van der Waals surface area contributed by atoms with Crippen molar-refractivity contribution >= 4 is 15.9 Å². The van der Waals surface area contributed by atoms with Gasteiger partial charge in [0.25, 0.3) is 0 Å². The monoisotopic (exact) mass is 318 g/mol. The molecule has 0 saturated carbocycles. The molecule has 1 aliphatic carbocycles. The standard InChI is InChI=1S/C14H15BrN4/c1-16-11-3-2-4-12-10(11)8-18-14(19-12)13-6-5-9(15)7-17-13/h5-8,11,16H,2-4H2,1H3. The molecule has 2 aromatic rings. The largest absolute Gasteiger partial charge is 0.313 e. The first-order valence-electron chi connectivity index (χ1n) is 6.43. The third kappa shape index (κ3) is 2.53. The van der Waals surface area contributed by atoms with Gasteiger partial charge in [-0.3, -0.25) is 4.98 Å². The second-order valence-corrected chi connectivity index (χ2v) is 5.61. The van der Waals surface area contributed by atoms with Crippen molar-refractivity contribution in [2.75, 3.05) is 7.05 Å². The molecule has 0 radical (unpaired) electrons. The van der Waals surface area contributed by atoms with Crippen LogP contribution in [0.2, 0.25) is 0 Å². The lowest BCUT2D eigenvalue weighted by Crippen LogP contribution is -2.22. The van der Waals surface area contributed by atoms with Crippen LogP contribution >= 0.6 is 15.9 Å². The fraction of sp³-hybridized carbons (Fsp3) is 0.357. The van der Waals surface area contributed by atoms with Crippen LogP contribution in [-0.4, -0.2) is 22.0 Å². The summed E-state index contributed by atoms with van der Waals surface area (Å²) in [6, 6.07) is 4.28. The molecule has 0 aromatic carbocycles. The average Bonchev–Trinajstić information content (AvgIpc) is 2.47. The van der Waals surface area contributed by atoms with E-state index in [2.05, 4.69) is 36.2 Å². The lowest BCUT2D eigenvalue weighted by Gasteiger charge is -2.24. The maximum absolute atomic E-state index is 4.68. The number of halogens is 1. The van der Waals surface area contributed by atoms with Crippen molar-refractivity contribution in [1.82, 2.24) is 20.3 Å². The normalized spacial score (nSPS) is 18.1. The quantitative estimate of drug-likeness (QED) is 0.925. The summed E-state index contributed by atoms with van der Waals surface area (Å²) >= 11 is 3.38. The van der Waals surface area contributed by atoms with Crippen LogP contribution in [0.4, 0.5) is 0 Å². The van der Waals surface area contributed by atoms with Crippen molar-refractivity contribution < 1.29 is 0 Å². The molecule has 98 valence electrons. The lowest BCUT2D eigenvalue weighted by molar-refractivity contribution is 0.487. The van der Waals surface area contributed by atoms with E-state index < -0.39 is 0 Å². The zero-order chi connectivity index (χ0) is 13.2. The molecule has 3 rings (SSSR count). The molecular weight excluding hydrogens is 304 g/mol.